The van der Waals surface area contributed by atoms with E-state index in [4.69, 9.17) is 0 Å². The molecule has 0 rings (SSSR count). The maximum Gasteiger partial charge on any atom is 0 e. The Hall–Kier alpha value is 2.79. The zero-order valence-electron chi connectivity index (χ0n) is 2.10. The van der Waals surface area contributed by atoms with Gasteiger partial charge in [-0.3, -0.25) is 0 Å². The van der Waals surface area contributed by atoms with E-state index in [1.54, 1.807) is 0 Å². The summed E-state index contributed by atoms with van der Waals surface area (Å²) in [6.07, 6.45) is 0. The summed E-state index contributed by atoms with van der Waals surface area (Å²) in [5, 5.41) is 0. The molecule has 0 unspecified atom stereocenters. The molecule has 0 aliphatic heterocycles. The van der Waals surface area contributed by atoms with Gasteiger partial charge in [0.2, 0.25) is 0 Å². The van der Waals surface area contributed by atoms with Crippen LogP contribution in [0.25, 0.3) is 0 Å². The zero-order chi connectivity index (χ0) is 0. The maximum atomic E-state index is 0. The van der Waals surface area contributed by atoms with Gasteiger partial charge in [0.15, 0.2) is 0 Å². The van der Waals surface area contributed by atoms with Crippen molar-refractivity contribution in [2.45, 2.75) is 0 Å². The molecule has 0 aromatic rings. The third kappa shape index (κ3) is 20.0. The van der Waals surface area contributed by atoms with Crippen molar-refractivity contribution in [1.82, 2.24) is 0 Å². The summed E-state index contributed by atoms with van der Waals surface area (Å²) < 4.78 is 0. The monoisotopic (exact) mass is 248 g/mol. The van der Waals surface area contributed by atoms with Gasteiger partial charge in [-0.25, -0.2) is 0 Å². The van der Waals surface area contributed by atoms with Crippen LogP contribution in [0.1, 0.15) is 0 Å². The van der Waals surface area contributed by atoms with Crippen LogP contribution in [-0.2, 0) is 72.6 Å². The molecule has 5 heteroatoms. The Labute approximate surface area is 88.8 Å². The number of rotatable bonds is 0. The van der Waals surface area contributed by atoms with Crippen molar-refractivity contribution in [2.24, 2.45) is 0 Å². The summed E-state index contributed by atoms with van der Waals surface area (Å²) in [5.74, 6) is 0. The maximum absolute atomic E-state index is 0. The molecule has 0 spiro atoms. The fourth-order valence-electron chi connectivity index (χ4n) is 0. The van der Waals surface area contributed by atoms with E-state index in [0.29, 0.717) is 0 Å². The topological polar surface area (TPSA) is 0 Å². The first-order chi connectivity index (χ1) is 0. The first kappa shape index (κ1) is 46.1. The predicted molar refractivity (Wildman–Crippen MR) is 5.75 cm³/mol. The van der Waals surface area contributed by atoms with Gasteiger partial charge in [-0.2, -0.15) is 0 Å². The molecule has 0 aliphatic rings. The van der Waals surface area contributed by atoms with Crippen LogP contribution in [0, 0.1) is 0 Å². The smallest absolute Gasteiger partial charge is 0 e. The summed E-state index contributed by atoms with van der Waals surface area (Å²) in [4.78, 5) is 0. The van der Waals surface area contributed by atoms with Crippen LogP contribution < -0.4 is 0 Å². The van der Waals surface area contributed by atoms with E-state index in [0.717, 1.165) is 0 Å². The van der Waals surface area contributed by atoms with Gasteiger partial charge >= 0.3 is 0 Å². The van der Waals surface area contributed by atoms with Gasteiger partial charge in [0.1, 0.15) is 0 Å². The van der Waals surface area contributed by atoms with Crippen LogP contribution in [0.15, 0.2) is 0 Å². The van der Waals surface area contributed by atoms with Crippen molar-refractivity contribution in [3.05, 3.63) is 0 Å². The zero-order valence-corrected chi connectivity index (χ0v) is 8.02. The third-order valence-corrected chi connectivity index (χ3v) is 0. The Morgan fingerprint density at radius 2 is 1.00 bits per heavy atom. The van der Waals surface area contributed by atoms with Crippen molar-refractivity contribution in [1.29, 1.82) is 0 Å². The standard InChI is InChI=1S/Al.Cr.Cu.Ni.Ti. The summed E-state index contributed by atoms with van der Waals surface area (Å²) in [6, 6.07) is 0. The van der Waals surface area contributed by atoms with Crippen LogP contribution in [-0.4, -0.2) is 17.4 Å². The fraction of sp³-hybridized carbons (Fsp3) is 0. The van der Waals surface area contributed by atoms with Crippen LogP contribution in [0.3, 0.4) is 0 Å². The first-order valence-corrected chi connectivity index (χ1v) is 0. The summed E-state index contributed by atoms with van der Waals surface area (Å²) >= 11 is 0. The van der Waals surface area contributed by atoms with E-state index >= 15 is 0 Å². The van der Waals surface area contributed by atoms with Crippen molar-refractivity contribution >= 4 is 17.4 Å². The quantitative estimate of drug-likeness (QED) is 0.513. The van der Waals surface area contributed by atoms with Crippen molar-refractivity contribution in [2.75, 3.05) is 0 Å². The number of hydrogen-bond acceptors (Lipinski definition) is 0. The minimum Gasteiger partial charge on any atom is 0 e. The second-order valence-corrected chi connectivity index (χ2v) is 0. The van der Waals surface area contributed by atoms with E-state index in [1.165, 1.54) is 0 Å². The normalized spacial score (nSPS) is 0. The molecule has 0 N–H and O–H groups in total. The molecule has 0 nitrogen and oxygen atoms in total. The van der Waals surface area contributed by atoms with Crippen LogP contribution in [0.4, 0.5) is 0 Å². The first-order valence-electron chi connectivity index (χ1n) is 0. The molecule has 0 aliphatic carbocycles. The average molecular weight is 249 g/mol. The van der Waals surface area contributed by atoms with E-state index < -0.39 is 0 Å². The molecule has 0 fully saturated rings. The molecule has 0 saturated carbocycles. The van der Waals surface area contributed by atoms with Crippen molar-refractivity contribution < 1.29 is 72.6 Å². The molecule has 0 saturated heterocycles. The molecule has 0 aromatic heterocycles. The van der Waals surface area contributed by atoms with E-state index in [9.17, 15) is 0 Å². The Morgan fingerprint density at radius 3 is 1.00 bits per heavy atom. The Morgan fingerprint density at radius 1 is 1.00 bits per heavy atom. The Balaban J connectivity index is 0. The summed E-state index contributed by atoms with van der Waals surface area (Å²) in [7, 11) is 0. The molecule has 5 heavy (non-hydrogen) atoms. The average Bonchev–Trinajstić information content (AvgIpc) is 0. The minimum absolute atomic E-state index is 0. The van der Waals surface area contributed by atoms with E-state index in [2.05, 4.69) is 0 Å². The molecule has 0 aromatic carbocycles. The van der Waals surface area contributed by atoms with Crippen molar-refractivity contribution in [3.8, 4) is 0 Å². The Kier molecular flexibility index (Phi) is 270. The Bertz CT molecular complexity index is 11.6. The van der Waals surface area contributed by atoms with Crippen LogP contribution in [0.2, 0.25) is 0 Å². The van der Waals surface area contributed by atoms with Crippen molar-refractivity contribution in [3.63, 3.8) is 0 Å². The fourth-order valence-corrected chi connectivity index (χ4v) is 0. The molecular weight excluding hydrogens is 249 g/mol. The van der Waals surface area contributed by atoms with Gasteiger partial charge in [-0.05, 0) is 0 Å². The minimum atomic E-state index is 0. The molecule has 0 heterocycles. The third-order valence-electron chi connectivity index (χ3n) is 0. The van der Waals surface area contributed by atoms with E-state index in [-0.39, 0.29) is 90.0 Å². The summed E-state index contributed by atoms with van der Waals surface area (Å²) in [6.45, 7) is 0. The molecule has 0 bridgehead atoms. The van der Waals surface area contributed by atoms with E-state index in [1.807, 2.05) is 0 Å². The van der Waals surface area contributed by atoms with Gasteiger partial charge in [0.05, 0.1) is 0 Å². The molecular formula is AlCrCuNiTi. The molecule has 0 atom stereocenters. The van der Waals surface area contributed by atoms with Crippen LogP contribution >= 0.6 is 0 Å². The van der Waals surface area contributed by atoms with Gasteiger partial charge in [0.25, 0.3) is 0 Å². The van der Waals surface area contributed by atoms with Gasteiger partial charge < -0.3 is 0 Å². The summed E-state index contributed by atoms with van der Waals surface area (Å²) in [5.41, 5.74) is 0. The van der Waals surface area contributed by atoms with Gasteiger partial charge in [-0.1, -0.05) is 0 Å². The SMILES string of the molecule is [Al].[Cr].[Cu].[Ni].[Ti]. The largest absolute Gasteiger partial charge is 0 e. The predicted octanol–water partition coefficient (Wildman–Crippen LogP) is -0.391. The second-order valence-electron chi connectivity index (χ2n) is 0. The van der Waals surface area contributed by atoms with Crippen LogP contribution in [0.5, 0.6) is 0 Å². The number of hydrogen-bond donors (Lipinski definition) is 0. The molecule has 34 valence electrons. The molecule has 0 amide bonds. The van der Waals surface area contributed by atoms with Gasteiger partial charge in [0, 0.05) is 90.0 Å². The van der Waals surface area contributed by atoms with Gasteiger partial charge in [-0.15, -0.1) is 0 Å². The second kappa shape index (κ2) is 29.2. The molecule has 4 radical (unpaired) electrons.